The van der Waals surface area contributed by atoms with Crippen LogP contribution < -0.4 is 15.4 Å². The Morgan fingerprint density at radius 2 is 2.14 bits per heavy atom. The van der Waals surface area contributed by atoms with Gasteiger partial charge in [-0.05, 0) is 71.9 Å². The number of hydrogen-bond acceptors (Lipinski definition) is 3. The van der Waals surface area contributed by atoms with Crippen molar-refractivity contribution in [3.8, 4) is 5.75 Å². The molecule has 2 rings (SSSR count). The quantitative estimate of drug-likeness (QED) is 0.811. The molecule has 0 unspecified atom stereocenters. The third-order valence-corrected chi connectivity index (χ3v) is 4.82. The van der Waals surface area contributed by atoms with Crippen LogP contribution in [0.3, 0.4) is 0 Å². The summed E-state index contributed by atoms with van der Waals surface area (Å²) in [6.45, 7) is 7.50. The van der Waals surface area contributed by atoms with Crippen LogP contribution in [0.15, 0.2) is 22.7 Å². The maximum Gasteiger partial charge on any atom is 0.223 e. The largest absolute Gasteiger partial charge is 0.492 e. The second-order valence-corrected chi connectivity index (χ2v) is 7.22. The molecule has 0 bridgehead atoms. The summed E-state index contributed by atoms with van der Waals surface area (Å²) in [6, 6.07) is 5.93. The fraction of sp³-hybridized carbons (Fsp3) is 0.588. The number of amides is 1. The lowest BCUT2D eigenvalue weighted by molar-refractivity contribution is -0.122. The number of piperidine rings is 1. The first-order chi connectivity index (χ1) is 10.5. The van der Waals surface area contributed by atoms with Crippen molar-refractivity contribution in [2.45, 2.75) is 33.1 Å². The predicted octanol–water partition coefficient (Wildman–Crippen LogP) is 3.03. The smallest absolute Gasteiger partial charge is 0.223 e. The fourth-order valence-electron chi connectivity index (χ4n) is 2.58. The van der Waals surface area contributed by atoms with Crippen LogP contribution >= 0.6 is 15.9 Å². The van der Waals surface area contributed by atoms with Gasteiger partial charge in [0.25, 0.3) is 0 Å². The zero-order chi connectivity index (χ0) is 16.0. The van der Waals surface area contributed by atoms with Gasteiger partial charge >= 0.3 is 0 Å². The van der Waals surface area contributed by atoms with Crippen LogP contribution in [0.25, 0.3) is 0 Å². The van der Waals surface area contributed by atoms with Crippen LogP contribution in [0.4, 0.5) is 0 Å². The molecular weight excluding hydrogens is 344 g/mol. The number of rotatable bonds is 6. The number of aryl methyl sites for hydroxylation is 1. The van der Waals surface area contributed by atoms with E-state index in [1.165, 1.54) is 5.56 Å². The highest BCUT2D eigenvalue weighted by molar-refractivity contribution is 9.10. The summed E-state index contributed by atoms with van der Waals surface area (Å²) in [7, 11) is 0. The van der Waals surface area contributed by atoms with E-state index in [2.05, 4.69) is 33.5 Å². The van der Waals surface area contributed by atoms with E-state index in [9.17, 15) is 4.79 Å². The number of carbonyl (C=O) groups excluding carboxylic acids is 1. The van der Waals surface area contributed by atoms with E-state index in [1.54, 1.807) is 0 Å². The van der Waals surface area contributed by atoms with Crippen molar-refractivity contribution in [2.75, 3.05) is 26.2 Å². The highest BCUT2D eigenvalue weighted by atomic mass is 79.9. The lowest BCUT2D eigenvalue weighted by Gasteiger charge is -2.34. The topological polar surface area (TPSA) is 50.4 Å². The van der Waals surface area contributed by atoms with E-state index in [-0.39, 0.29) is 11.3 Å². The van der Waals surface area contributed by atoms with E-state index < -0.39 is 0 Å². The minimum absolute atomic E-state index is 0.0583. The molecule has 1 heterocycles. The van der Waals surface area contributed by atoms with Crippen LogP contribution in [-0.2, 0) is 4.79 Å². The molecule has 1 aromatic carbocycles. The molecule has 0 atom stereocenters. The first kappa shape index (κ1) is 17.3. The average molecular weight is 369 g/mol. The molecule has 0 spiro atoms. The summed E-state index contributed by atoms with van der Waals surface area (Å²) >= 11 is 3.47. The Labute approximate surface area is 141 Å². The van der Waals surface area contributed by atoms with Gasteiger partial charge in [-0.2, -0.15) is 0 Å². The van der Waals surface area contributed by atoms with E-state index in [0.29, 0.717) is 13.0 Å². The second kappa shape index (κ2) is 7.97. The summed E-state index contributed by atoms with van der Waals surface area (Å²) < 4.78 is 6.59. The monoisotopic (exact) mass is 368 g/mol. The molecule has 122 valence electrons. The van der Waals surface area contributed by atoms with Gasteiger partial charge in [0, 0.05) is 6.54 Å². The highest BCUT2D eigenvalue weighted by Crippen LogP contribution is 2.27. The Morgan fingerprint density at radius 3 is 2.82 bits per heavy atom. The van der Waals surface area contributed by atoms with Crippen molar-refractivity contribution in [3.63, 3.8) is 0 Å². The summed E-state index contributed by atoms with van der Waals surface area (Å²) in [4.78, 5) is 11.9. The number of hydrogen-bond donors (Lipinski definition) is 2. The van der Waals surface area contributed by atoms with Gasteiger partial charge < -0.3 is 15.4 Å². The van der Waals surface area contributed by atoms with Crippen molar-refractivity contribution >= 4 is 21.8 Å². The molecule has 1 aliphatic rings. The molecule has 22 heavy (non-hydrogen) atoms. The van der Waals surface area contributed by atoms with Crippen molar-refractivity contribution < 1.29 is 9.53 Å². The van der Waals surface area contributed by atoms with Crippen molar-refractivity contribution in [2.24, 2.45) is 5.41 Å². The molecule has 2 N–H and O–H groups in total. The van der Waals surface area contributed by atoms with E-state index >= 15 is 0 Å². The van der Waals surface area contributed by atoms with E-state index in [0.717, 1.165) is 42.7 Å². The van der Waals surface area contributed by atoms with Gasteiger partial charge in [0.2, 0.25) is 5.91 Å². The standard InChI is InChI=1S/C17H25BrN2O2/c1-13-3-4-15(14(18)11-13)22-10-5-16(21)20-12-17(2)6-8-19-9-7-17/h3-4,11,19H,5-10,12H2,1-2H3,(H,20,21). The second-order valence-electron chi connectivity index (χ2n) is 6.37. The van der Waals surface area contributed by atoms with Crippen LogP contribution in [0.2, 0.25) is 0 Å². The highest BCUT2D eigenvalue weighted by Gasteiger charge is 2.26. The number of nitrogens with one attached hydrogen (secondary N) is 2. The first-order valence-corrected chi connectivity index (χ1v) is 8.64. The summed E-state index contributed by atoms with van der Waals surface area (Å²) in [5, 5.41) is 6.40. The van der Waals surface area contributed by atoms with Crippen molar-refractivity contribution in [1.82, 2.24) is 10.6 Å². The molecule has 0 aliphatic carbocycles. The molecule has 1 amide bonds. The van der Waals surface area contributed by atoms with Gasteiger partial charge in [0.15, 0.2) is 0 Å². The number of carbonyl (C=O) groups is 1. The lowest BCUT2D eigenvalue weighted by atomic mass is 9.81. The minimum Gasteiger partial charge on any atom is -0.492 e. The Bertz CT molecular complexity index is 513. The van der Waals surface area contributed by atoms with Crippen LogP contribution in [0.1, 0.15) is 31.7 Å². The van der Waals surface area contributed by atoms with Crippen LogP contribution in [0.5, 0.6) is 5.75 Å². The maximum atomic E-state index is 11.9. The lowest BCUT2D eigenvalue weighted by Crippen LogP contribution is -2.43. The predicted molar refractivity (Wildman–Crippen MR) is 92.2 cm³/mol. The van der Waals surface area contributed by atoms with Gasteiger partial charge in [-0.25, -0.2) is 0 Å². The summed E-state index contributed by atoms with van der Waals surface area (Å²) in [5.74, 6) is 0.840. The summed E-state index contributed by atoms with van der Waals surface area (Å²) in [5.41, 5.74) is 1.40. The Kier molecular flexibility index (Phi) is 6.26. The molecule has 4 nitrogen and oxygen atoms in total. The van der Waals surface area contributed by atoms with Gasteiger partial charge in [0.1, 0.15) is 5.75 Å². The molecule has 1 fully saturated rings. The normalized spacial score (nSPS) is 17.0. The molecule has 5 heteroatoms. The Hall–Kier alpha value is -1.07. The van der Waals surface area contributed by atoms with Crippen LogP contribution in [-0.4, -0.2) is 32.1 Å². The number of benzene rings is 1. The SMILES string of the molecule is Cc1ccc(OCCC(=O)NCC2(C)CCNCC2)c(Br)c1. The van der Waals surface area contributed by atoms with E-state index in [1.807, 2.05) is 25.1 Å². The average Bonchev–Trinajstić information content (AvgIpc) is 2.48. The molecule has 0 saturated carbocycles. The molecule has 0 radical (unpaired) electrons. The van der Waals surface area contributed by atoms with Crippen molar-refractivity contribution in [3.05, 3.63) is 28.2 Å². The molecular formula is C17H25BrN2O2. The number of halogens is 1. The van der Waals surface area contributed by atoms with E-state index in [4.69, 9.17) is 4.74 Å². The molecule has 1 aliphatic heterocycles. The van der Waals surface area contributed by atoms with Gasteiger partial charge in [-0.3, -0.25) is 4.79 Å². The van der Waals surface area contributed by atoms with Gasteiger partial charge in [-0.1, -0.05) is 13.0 Å². The zero-order valence-corrected chi connectivity index (χ0v) is 15.0. The van der Waals surface area contributed by atoms with Gasteiger partial charge in [0.05, 0.1) is 17.5 Å². The fourth-order valence-corrected chi connectivity index (χ4v) is 3.19. The molecule has 1 aromatic rings. The van der Waals surface area contributed by atoms with Crippen LogP contribution in [0, 0.1) is 12.3 Å². The zero-order valence-electron chi connectivity index (χ0n) is 13.4. The summed E-state index contributed by atoms with van der Waals surface area (Å²) in [6.07, 6.45) is 2.61. The third-order valence-electron chi connectivity index (χ3n) is 4.20. The Morgan fingerprint density at radius 1 is 1.41 bits per heavy atom. The Balaban J connectivity index is 1.69. The maximum absolute atomic E-state index is 11.9. The first-order valence-electron chi connectivity index (χ1n) is 7.85. The van der Waals surface area contributed by atoms with Crippen molar-refractivity contribution in [1.29, 1.82) is 0 Å². The third kappa shape index (κ3) is 5.29. The minimum atomic E-state index is 0.0583. The molecule has 0 aromatic heterocycles. The van der Waals surface area contributed by atoms with Gasteiger partial charge in [-0.15, -0.1) is 0 Å². The molecule has 1 saturated heterocycles. The number of ether oxygens (including phenoxy) is 1.